The fraction of sp³-hybridized carbons (Fsp3) is 0.542. The minimum Gasteiger partial charge on any atom is -0.369 e. The van der Waals surface area contributed by atoms with Gasteiger partial charge in [-0.15, -0.1) is 0 Å². The first-order chi connectivity index (χ1) is 14.2. The predicted octanol–water partition coefficient (Wildman–Crippen LogP) is 3.42. The molecule has 2 aliphatic heterocycles. The zero-order valence-corrected chi connectivity index (χ0v) is 17.9. The van der Waals surface area contributed by atoms with E-state index in [0.717, 1.165) is 65.1 Å². The van der Waals surface area contributed by atoms with E-state index in [9.17, 15) is 4.79 Å². The van der Waals surface area contributed by atoms with E-state index in [1.54, 1.807) is 0 Å². The third-order valence-electron chi connectivity index (χ3n) is 6.58. The van der Waals surface area contributed by atoms with Crippen molar-refractivity contribution in [2.75, 3.05) is 37.6 Å². The molecule has 0 spiro atoms. The smallest absolute Gasteiger partial charge is 0.222 e. The van der Waals surface area contributed by atoms with Crippen LogP contribution in [0.1, 0.15) is 43.1 Å². The van der Waals surface area contributed by atoms with Gasteiger partial charge in [-0.05, 0) is 43.0 Å². The highest BCUT2D eigenvalue weighted by Gasteiger charge is 2.22. The van der Waals surface area contributed by atoms with Gasteiger partial charge in [0.2, 0.25) is 5.91 Å². The van der Waals surface area contributed by atoms with Gasteiger partial charge >= 0.3 is 0 Å². The first-order valence-electron chi connectivity index (χ1n) is 11.1. The molecule has 0 N–H and O–H groups in total. The Balaban J connectivity index is 1.34. The topological polar surface area (TPSA) is 31.7 Å². The summed E-state index contributed by atoms with van der Waals surface area (Å²) < 4.78 is 2.29. The Hall–Kier alpha value is -2.27. The summed E-state index contributed by atoms with van der Waals surface area (Å²) in [6.45, 7) is 9.20. The highest BCUT2D eigenvalue weighted by molar-refractivity contribution is 5.76. The first kappa shape index (κ1) is 20.0. The standard InChI is InChI=1S/C24H34N4O/c1-3-20-8-4-5-9-23(20)27-16-14-26(15-17-27)18-21-11-12-22(25(21)2)19-28-13-7-6-10-24(28)29/h4-5,8-9,11-12H,3,6-7,10,13-19H2,1-2H3. The summed E-state index contributed by atoms with van der Waals surface area (Å²) in [5.74, 6) is 0.308. The van der Waals surface area contributed by atoms with Crippen LogP contribution in [0, 0.1) is 0 Å². The first-order valence-corrected chi connectivity index (χ1v) is 11.1. The number of likely N-dealkylation sites (tertiary alicyclic amines) is 1. The van der Waals surface area contributed by atoms with Crippen molar-refractivity contribution in [2.24, 2.45) is 7.05 Å². The number of aromatic nitrogens is 1. The van der Waals surface area contributed by atoms with Crippen LogP contribution in [-0.4, -0.2) is 53.0 Å². The second-order valence-corrected chi connectivity index (χ2v) is 8.39. The summed E-state index contributed by atoms with van der Waals surface area (Å²) in [4.78, 5) is 19.2. The van der Waals surface area contributed by atoms with Gasteiger partial charge in [0, 0.05) is 69.8 Å². The number of nitrogens with zero attached hydrogens (tertiary/aromatic N) is 4. The van der Waals surface area contributed by atoms with E-state index in [-0.39, 0.29) is 0 Å². The lowest BCUT2D eigenvalue weighted by Gasteiger charge is -2.37. The van der Waals surface area contributed by atoms with Crippen molar-refractivity contribution < 1.29 is 4.79 Å². The fourth-order valence-corrected chi connectivity index (χ4v) is 4.64. The van der Waals surface area contributed by atoms with Gasteiger partial charge in [0.15, 0.2) is 0 Å². The molecule has 5 heteroatoms. The van der Waals surface area contributed by atoms with Crippen LogP contribution in [0.5, 0.6) is 0 Å². The molecular weight excluding hydrogens is 360 g/mol. The van der Waals surface area contributed by atoms with Crippen molar-refractivity contribution >= 4 is 11.6 Å². The molecule has 1 aromatic heterocycles. The average Bonchev–Trinajstić information content (AvgIpc) is 3.09. The van der Waals surface area contributed by atoms with E-state index >= 15 is 0 Å². The van der Waals surface area contributed by atoms with Gasteiger partial charge in [0.05, 0.1) is 6.54 Å². The molecule has 0 bridgehead atoms. The Bertz CT molecular complexity index is 835. The number of piperazine rings is 1. The molecule has 2 fully saturated rings. The van der Waals surface area contributed by atoms with Crippen molar-refractivity contribution in [1.29, 1.82) is 0 Å². The Morgan fingerprint density at radius 2 is 1.59 bits per heavy atom. The summed E-state index contributed by atoms with van der Waals surface area (Å²) in [6.07, 6.45) is 3.97. The number of amides is 1. The highest BCUT2D eigenvalue weighted by Crippen LogP contribution is 2.23. The molecule has 2 aliphatic rings. The molecule has 29 heavy (non-hydrogen) atoms. The molecule has 0 saturated carbocycles. The van der Waals surface area contributed by atoms with Crippen LogP contribution in [-0.2, 0) is 31.4 Å². The molecule has 0 aliphatic carbocycles. The second-order valence-electron chi connectivity index (χ2n) is 8.39. The number of carbonyl (C=O) groups excluding carboxylic acids is 1. The second kappa shape index (κ2) is 9.04. The lowest BCUT2D eigenvalue weighted by Crippen LogP contribution is -2.46. The molecule has 1 amide bonds. The SMILES string of the molecule is CCc1ccccc1N1CCN(Cc2ccc(CN3CCCCC3=O)n2C)CC1. The molecule has 0 atom stereocenters. The van der Waals surface area contributed by atoms with Gasteiger partial charge < -0.3 is 14.4 Å². The monoisotopic (exact) mass is 394 g/mol. The van der Waals surface area contributed by atoms with Crippen LogP contribution in [0.25, 0.3) is 0 Å². The van der Waals surface area contributed by atoms with Gasteiger partial charge in [0.1, 0.15) is 0 Å². The minimum absolute atomic E-state index is 0.308. The van der Waals surface area contributed by atoms with E-state index < -0.39 is 0 Å². The van der Waals surface area contributed by atoms with E-state index in [0.29, 0.717) is 12.3 Å². The average molecular weight is 395 g/mol. The number of rotatable bonds is 6. The quantitative estimate of drug-likeness (QED) is 0.752. The van der Waals surface area contributed by atoms with Crippen molar-refractivity contribution in [3.63, 3.8) is 0 Å². The maximum atomic E-state index is 12.1. The Morgan fingerprint density at radius 3 is 2.31 bits per heavy atom. The molecule has 2 saturated heterocycles. The van der Waals surface area contributed by atoms with Gasteiger partial charge in [0.25, 0.3) is 0 Å². The van der Waals surface area contributed by atoms with E-state index in [4.69, 9.17) is 0 Å². The zero-order chi connectivity index (χ0) is 20.2. The van der Waals surface area contributed by atoms with Crippen LogP contribution >= 0.6 is 0 Å². The summed E-state index contributed by atoms with van der Waals surface area (Å²) >= 11 is 0. The third-order valence-corrected chi connectivity index (χ3v) is 6.58. The molecule has 0 radical (unpaired) electrons. The molecular formula is C24H34N4O. The van der Waals surface area contributed by atoms with Crippen LogP contribution in [0.3, 0.4) is 0 Å². The molecule has 4 rings (SSSR count). The molecule has 0 unspecified atom stereocenters. The molecule has 5 nitrogen and oxygen atoms in total. The number of anilines is 1. The largest absolute Gasteiger partial charge is 0.369 e. The minimum atomic E-state index is 0.308. The van der Waals surface area contributed by atoms with Crippen LogP contribution in [0.2, 0.25) is 0 Å². The summed E-state index contributed by atoms with van der Waals surface area (Å²) in [7, 11) is 2.15. The molecule has 1 aromatic carbocycles. The third kappa shape index (κ3) is 4.50. The zero-order valence-electron chi connectivity index (χ0n) is 17.9. The number of hydrogen-bond donors (Lipinski definition) is 0. The Kier molecular flexibility index (Phi) is 6.24. The fourth-order valence-electron chi connectivity index (χ4n) is 4.64. The number of hydrogen-bond acceptors (Lipinski definition) is 3. The maximum absolute atomic E-state index is 12.1. The number of carbonyl (C=O) groups is 1. The van der Waals surface area contributed by atoms with Crippen LogP contribution in [0.15, 0.2) is 36.4 Å². The summed E-state index contributed by atoms with van der Waals surface area (Å²) in [5.41, 5.74) is 5.43. The number of benzene rings is 1. The van der Waals surface area contributed by atoms with E-state index in [2.05, 4.69) is 64.7 Å². The number of piperidine rings is 1. The lowest BCUT2D eigenvalue weighted by molar-refractivity contribution is -0.133. The van der Waals surface area contributed by atoms with Crippen molar-refractivity contribution in [3.05, 3.63) is 53.3 Å². The number of aryl methyl sites for hydroxylation is 1. The van der Waals surface area contributed by atoms with Gasteiger partial charge in [-0.3, -0.25) is 9.69 Å². The Morgan fingerprint density at radius 1 is 0.862 bits per heavy atom. The molecule has 2 aromatic rings. The molecule has 156 valence electrons. The van der Waals surface area contributed by atoms with E-state index in [1.807, 2.05) is 4.90 Å². The van der Waals surface area contributed by atoms with E-state index in [1.165, 1.54) is 22.6 Å². The summed E-state index contributed by atoms with van der Waals surface area (Å²) in [5, 5.41) is 0. The molecule has 3 heterocycles. The van der Waals surface area contributed by atoms with Gasteiger partial charge in [-0.25, -0.2) is 0 Å². The number of para-hydroxylation sites is 1. The van der Waals surface area contributed by atoms with Gasteiger partial charge in [-0.1, -0.05) is 25.1 Å². The van der Waals surface area contributed by atoms with Crippen molar-refractivity contribution in [3.8, 4) is 0 Å². The van der Waals surface area contributed by atoms with Crippen molar-refractivity contribution in [2.45, 2.75) is 45.7 Å². The van der Waals surface area contributed by atoms with Crippen LogP contribution < -0.4 is 4.90 Å². The lowest BCUT2D eigenvalue weighted by atomic mass is 10.1. The highest BCUT2D eigenvalue weighted by atomic mass is 16.2. The van der Waals surface area contributed by atoms with Crippen LogP contribution in [0.4, 0.5) is 5.69 Å². The summed E-state index contributed by atoms with van der Waals surface area (Å²) in [6, 6.07) is 13.2. The van der Waals surface area contributed by atoms with Crippen molar-refractivity contribution in [1.82, 2.24) is 14.4 Å². The maximum Gasteiger partial charge on any atom is 0.222 e. The normalized spacial score (nSPS) is 18.5. The van der Waals surface area contributed by atoms with Gasteiger partial charge in [-0.2, -0.15) is 0 Å². The Labute approximate surface area is 174 Å². The predicted molar refractivity (Wildman–Crippen MR) is 118 cm³/mol.